The molecule has 1 N–H and O–H groups in total. The SMILES string of the molecule is O=C(NC1CC1)N1CCC(F)(F)C2(CCN(c3ccccn3)C2)C1. The maximum Gasteiger partial charge on any atom is 0.317 e. The number of carbonyl (C=O) groups excluding carboxylic acids is 1. The lowest BCUT2D eigenvalue weighted by Gasteiger charge is -2.45. The van der Waals surface area contributed by atoms with Crippen molar-refractivity contribution in [2.75, 3.05) is 31.1 Å². The van der Waals surface area contributed by atoms with E-state index in [9.17, 15) is 13.6 Å². The molecule has 1 atom stereocenters. The molecular formula is C17H22F2N4O. The molecule has 24 heavy (non-hydrogen) atoms. The number of alkyl halides is 2. The third-order valence-electron chi connectivity index (χ3n) is 5.48. The molecule has 5 nitrogen and oxygen atoms in total. The first kappa shape index (κ1) is 15.6. The van der Waals surface area contributed by atoms with Crippen LogP contribution in [0.5, 0.6) is 0 Å². The van der Waals surface area contributed by atoms with E-state index in [0.717, 1.165) is 18.7 Å². The van der Waals surface area contributed by atoms with Crippen LogP contribution in [-0.2, 0) is 0 Å². The van der Waals surface area contributed by atoms with Gasteiger partial charge in [-0.3, -0.25) is 0 Å². The fraction of sp³-hybridized carbons (Fsp3) is 0.647. The Bertz CT molecular complexity index is 622. The number of halogens is 2. The minimum absolute atomic E-state index is 0.113. The standard InChI is InChI=1S/C17H22F2N4O/c18-17(19)7-10-23(15(24)21-13-4-5-13)12-16(17)6-9-22(11-16)14-3-1-2-8-20-14/h1-3,8,13H,4-7,9-12H2,(H,21,24). The number of hydrogen-bond acceptors (Lipinski definition) is 3. The molecule has 3 fully saturated rings. The van der Waals surface area contributed by atoms with Gasteiger partial charge in [-0.2, -0.15) is 0 Å². The van der Waals surface area contributed by atoms with Crippen molar-refractivity contribution in [1.82, 2.24) is 15.2 Å². The van der Waals surface area contributed by atoms with E-state index in [2.05, 4.69) is 10.3 Å². The molecule has 2 amide bonds. The molecule has 7 heteroatoms. The Morgan fingerprint density at radius 1 is 1.21 bits per heavy atom. The number of piperidine rings is 1. The lowest BCUT2D eigenvalue weighted by atomic mass is 9.75. The van der Waals surface area contributed by atoms with Crippen LogP contribution in [-0.4, -0.2) is 54.1 Å². The van der Waals surface area contributed by atoms with E-state index in [0.29, 0.717) is 13.0 Å². The monoisotopic (exact) mass is 336 g/mol. The van der Waals surface area contributed by atoms with Crippen LogP contribution in [0.3, 0.4) is 0 Å². The fourth-order valence-electron chi connectivity index (χ4n) is 3.80. The van der Waals surface area contributed by atoms with Crippen molar-refractivity contribution >= 4 is 11.8 Å². The van der Waals surface area contributed by atoms with E-state index in [-0.39, 0.29) is 38.1 Å². The Kier molecular flexibility index (Phi) is 3.62. The molecule has 2 saturated heterocycles. The van der Waals surface area contributed by atoms with Crippen LogP contribution >= 0.6 is 0 Å². The summed E-state index contributed by atoms with van der Waals surface area (Å²) in [5.74, 6) is -2.03. The molecule has 0 aromatic carbocycles. The van der Waals surface area contributed by atoms with Gasteiger partial charge in [-0.1, -0.05) is 6.07 Å². The van der Waals surface area contributed by atoms with Crippen molar-refractivity contribution < 1.29 is 13.6 Å². The minimum atomic E-state index is -2.76. The highest BCUT2D eigenvalue weighted by atomic mass is 19.3. The second-order valence-corrected chi connectivity index (χ2v) is 7.24. The summed E-state index contributed by atoms with van der Waals surface area (Å²) in [6.45, 7) is 1.02. The van der Waals surface area contributed by atoms with Crippen molar-refractivity contribution in [2.45, 2.75) is 37.6 Å². The Morgan fingerprint density at radius 3 is 2.75 bits per heavy atom. The van der Waals surface area contributed by atoms with Gasteiger partial charge in [-0.15, -0.1) is 0 Å². The summed E-state index contributed by atoms with van der Waals surface area (Å²) < 4.78 is 29.5. The Hall–Kier alpha value is -1.92. The minimum Gasteiger partial charge on any atom is -0.356 e. The van der Waals surface area contributed by atoms with Gasteiger partial charge < -0.3 is 15.1 Å². The third kappa shape index (κ3) is 2.70. The molecular weight excluding hydrogens is 314 g/mol. The Labute approximate surface area is 140 Å². The van der Waals surface area contributed by atoms with E-state index in [4.69, 9.17) is 0 Å². The topological polar surface area (TPSA) is 48.5 Å². The first-order chi connectivity index (χ1) is 11.5. The van der Waals surface area contributed by atoms with Gasteiger partial charge in [0.05, 0.1) is 5.41 Å². The summed E-state index contributed by atoms with van der Waals surface area (Å²) in [6, 6.07) is 5.57. The zero-order valence-corrected chi connectivity index (χ0v) is 13.5. The molecule has 1 saturated carbocycles. The van der Waals surface area contributed by atoms with E-state index in [1.807, 2.05) is 23.1 Å². The highest BCUT2D eigenvalue weighted by Gasteiger charge is 2.60. The van der Waals surface area contributed by atoms with Gasteiger partial charge in [0.1, 0.15) is 5.82 Å². The lowest BCUT2D eigenvalue weighted by molar-refractivity contribution is -0.149. The molecule has 1 aromatic heterocycles. The van der Waals surface area contributed by atoms with Gasteiger partial charge >= 0.3 is 6.03 Å². The molecule has 3 aliphatic rings. The number of pyridine rings is 1. The van der Waals surface area contributed by atoms with Gasteiger partial charge in [0.2, 0.25) is 0 Å². The maximum atomic E-state index is 14.8. The number of likely N-dealkylation sites (tertiary alicyclic amines) is 1. The molecule has 1 aromatic rings. The predicted molar refractivity (Wildman–Crippen MR) is 86.2 cm³/mol. The number of nitrogens with one attached hydrogen (secondary N) is 1. The molecule has 1 aliphatic carbocycles. The van der Waals surface area contributed by atoms with Crippen LogP contribution in [0.1, 0.15) is 25.7 Å². The van der Waals surface area contributed by atoms with Crippen LogP contribution in [0, 0.1) is 5.41 Å². The van der Waals surface area contributed by atoms with Gasteiger partial charge in [0, 0.05) is 44.8 Å². The zero-order valence-electron chi connectivity index (χ0n) is 13.5. The average molecular weight is 336 g/mol. The summed E-state index contributed by atoms with van der Waals surface area (Å²) in [6.07, 6.45) is 3.78. The van der Waals surface area contributed by atoms with E-state index >= 15 is 0 Å². The second kappa shape index (κ2) is 5.57. The highest BCUT2D eigenvalue weighted by molar-refractivity contribution is 5.75. The van der Waals surface area contributed by atoms with Crippen LogP contribution < -0.4 is 10.2 Å². The molecule has 2 aliphatic heterocycles. The number of nitrogens with zero attached hydrogens (tertiary/aromatic N) is 3. The largest absolute Gasteiger partial charge is 0.356 e. The third-order valence-corrected chi connectivity index (χ3v) is 5.48. The van der Waals surface area contributed by atoms with Gasteiger partial charge in [-0.25, -0.2) is 18.6 Å². The van der Waals surface area contributed by atoms with Crippen molar-refractivity contribution in [3.05, 3.63) is 24.4 Å². The number of rotatable bonds is 2. The highest BCUT2D eigenvalue weighted by Crippen LogP contribution is 2.50. The number of amides is 2. The summed E-state index contributed by atoms with van der Waals surface area (Å²) in [4.78, 5) is 20.1. The van der Waals surface area contributed by atoms with Crippen molar-refractivity contribution in [3.8, 4) is 0 Å². The first-order valence-corrected chi connectivity index (χ1v) is 8.58. The van der Waals surface area contributed by atoms with Crippen molar-refractivity contribution in [3.63, 3.8) is 0 Å². The summed E-state index contributed by atoms with van der Waals surface area (Å²) in [5.41, 5.74) is -1.18. The average Bonchev–Trinajstić information content (AvgIpc) is 3.28. The normalized spacial score (nSPS) is 29.1. The van der Waals surface area contributed by atoms with Crippen LogP contribution in [0.15, 0.2) is 24.4 Å². The Balaban J connectivity index is 1.51. The summed E-state index contributed by atoms with van der Waals surface area (Å²) >= 11 is 0. The number of hydrogen-bond donors (Lipinski definition) is 1. The molecule has 4 rings (SSSR count). The molecule has 1 unspecified atom stereocenters. The molecule has 0 radical (unpaired) electrons. The van der Waals surface area contributed by atoms with Crippen LogP contribution in [0.25, 0.3) is 0 Å². The summed E-state index contributed by atoms with van der Waals surface area (Å²) in [7, 11) is 0. The van der Waals surface area contributed by atoms with Gasteiger partial charge in [-0.05, 0) is 31.4 Å². The molecule has 0 bridgehead atoms. The zero-order chi connectivity index (χ0) is 16.8. The second-order valence-electron chi connectivity index (χ2n) is 7.24. The van der Waals surface area contributed by atoms with E-state index in [1.165, 1.54) is 0 Å². The number of anilines is 1. The van der Waals surface area contributed by atoms with Gasteiger partial charge in [0.15, 0.2) is 0 Å². The number of aromatic nitrogens is 1. The summed E-state index contributed by atoms with van der Waals surface area (Å²) in [5, 5.41) is 2.92. The lowest BCUT2D eigenvalue weighted by Crippen LogP contribution is -2.59. The van der Waals surface area contributed by atoms with E-state index < -0.39 is 11.3 Å². The fourth-order valence-corrected chi connectivity index (χ4v) is 3.80. The predicted octanol–water partition coefficient (Wildman–Crippen LogP) is 2.49. The maximum absolute atomic E-state index is 14.8. The Morgan fingerprint density at radius 2 is 2.04 bits per heavy atom. The smallest absolute Gasteiger partial charge is 0.317 e. The first-order valence-electron chi connectivity index (χ1n) is 8.58. The molecule has 3 heterocycles. The van der Waals surface area contributed by atoms with Crippen molar-refractivity contribution in [1.29, 1.82) is 0 Å². The number of urea groups is 1. The molecule has 1 spiro atoms. The van der Waals surface area contributed by atoms with E-state index in [1.54, 1.807) is 11.1 Å². The van der Waals surface area contributed by atoms with Crippen LogP contribution in [0.4, 0.5) is 19.4 Å². The molecule has 130 valence electrons. The quantitative estimate of drug-likeness (QED) is 0.903. The van der Waals surface area contributed by atoms with Crippen LogP contribution in [0.2, 0.25) is 0 Å². The number of carbonyl (C=O) groups is 1. The van der Waals surface area contributed by atoms with Gasteiger partial charge in [0.25, 0.3) is 5.92 Å². The van der Waals surface area contributed by atoms with Crippen molar-refractivity contribution in [2.24, 2.45) is 5.41 Å².